The lowest BCUT2D eigenvalue weighted by atomic mass is 9.96. The highest BCUT2D eigenvalue weighted by molar-refractivity contribution is 5.94. The molecule has 0 spiro atoms. The van der Waals surface area contributed by atoms with Crippen LogP contribution in [0.15, 0.2) is 12.5 Å². The molecule has 2 fully saturated rings. The van der Waals surface area contributed by atoms with Crippen LogP contribution in [-0.4, -0.2) is 63.7 Å². The standard InChI is InChI=1S/C17H24N6O4/c18-15(25)10-2-1-5-23(8-10)17(27)13(6-11-7-19-9-20-11)22-16(26)12-3-4-14(24)21-12/h7,9-10,12-13H,1-6,8H2,(H2,18,25)(H,19,20)(H,21,24)(H,22,26). The van der Waals surface area contributed by atoms with E-state index in [1.165, 1.54) is 6.33 Å². The minimum Gasteiger partial charge on any atom is -0.369 e. The Hall–Kier alpha value is -2.91. The molecule has 2 aliphatic rings. The SMILES string of the molecule is NC(=O)C1CCCN(C(=O)C(Cc2cnc[nH]2)NC(=O)C2CCC(=O)N2)C1. The summed E-state index contributed by atoms with van der Waals surface area (Å²) < 4.78 is 0. The molecule has 2 aliphatic heterocycles. The van der Waals surface area contributed by atoms with Gasteiger partial charge in [-0.1, -0.05) is 0 Å². The van der Waals surface area contributed by atoms with Crippen LogP contribution in [0.3, 0.4) is 0 Å². The molecular formula is C17H24N6O4. The van der Waals surface area contributed by atoms with E-state index in [-0.39, 0.29) is 36.6 Å². The normalized spacial score (nSPS) is 23.6. The summed E-state index contributed by atoms with van der Waals surface area (Å²) >= 11 is 0. The second-order valence-electron chi connectivity index (χ2n) is 7.03. The number of piperidine rings is 1. The van der Waals surface area contributed by atoms with Crippen LogP contribution in [0.1, 0.15) is 31.4 Å². The number of rotatable bonds is 6. The predicted molar refractivity (Wildman–Crippen MR) is 93.9 cm³/mol. The third-order valence-electron chi connectivity index (χ3n) is 5.04. The average Bonchev–Trinajstić information content (AvgIpc) is 3.32. The minimum absolute atomic E-state index is 0.174. The highest BCUT2D eigenvalue weighted by Gasteiger charge is 2.34. The molecule has 1 aromatic heterocycles. The Balaban J connectivity index is 1.70. The Morgan fingerprint density at radius 3 is 2.81 bits per heavy atom. The number of imidazole rings is 1. The van der Waals surface area contributed by atoms with Gasteiger partial charge in [0.2, 0.25) is 23.6 Å². The zero-order valence-electron chi connectivity index (χ0n) is 14.9. The number of nitrogens with zero attached hydrogens (tertiary/aromatic N) is 2. The number of carbonyl (C=O) groups excluding carboxylic acids is 4. The molecule has 4 amide bonds. The lowest BCUT2D eigenvalue weighted by Gasteiger charge is -2.34. The highest BCUT2D eigenvalue weighted by Crippen LogP contribution is 2.18. The van der Waals surface area contributed by atoms with Gasteiger partial charge in [-0.05, 0) is 19.3 Å². The number of amides is 4. The van der Waals surface area contributed by atoms with Gasteiger partial charge >= 0.3 is 0 Å². The molecule has 2 saturated heterocycles. The van der Waals surface area contributed by atoms with Crippen molar-refractivity contribution in [2.75, 3.05) is 13.1 Å². The van der Waals surface area contributed by atoms with Crippen molar-refractivity contribution >= 4 is 23.6 Å². The van der Waals surface area contributed by atoms with Crippen molar-refractivity contribution in [1.29, 1.82) is 0 Å². The van der Waals surface area contributed by atoms with Crippen LogP contribution < -0.4 is 16.4 Å². The van der Waals surface area contributed by atoms with Gasteiger partial charge in [0.15, 0.2) is 0 Å². The fourth-order valence-electron chi connectivity index (χ4n) is 3.53. The first-order valence-electron chi connectivity index (χ1n) is 9.09. The molecule has 0 aliphatic carbocycles. The van der Waals surface area contributed by atoms with Gasteiger partial charge in [-0.15, -0.1) is 0 Å². The van der Waals surface area contributed by atoms with E-state index in [1.807, 2.05) is 0 Å². The summed E-state index contributed by atoms with van der Waals surface area (Å²) in [4.78, 5) is 56.8. The first-order valence-corrected chi connectivity index (χ1v) is 9.09. The van der Waals surface area contributed by atoms with E-state index < -0.39 is 18.0 Å². The number of likely N-dealkylation sites (tertiary alicyclic amines) is 1. The van der Waals surface area contributed by atoms with Crippen molar-refractivity contribution in [3.63, 3.8) is 0 Å². The van der Waals surface area contributed by atoms with Gasteiger partial charge in [-0.2, -0.15) is 0 Å². The van der Waals surface area contributed by atoms with E-state index in [0.717, 1.165) is 0 Å². The average molecular weight is 376 g/mol. The van der Waals surface area contributed by atoms with Gasteiger partial charge in [0, 0.05) is 37.8 Å². The molecule has 27 heavy (non-hydrogen) atoms. The number of primary amides is 1. The summed E-state index contributed by atoms with van der Waals surface area (Å²) in [5.74, 6) is -1.63. The van der Waals surface area contributed by atoms with Gasteiger partial charge in [-0.25, -0.2) is 4.98 Å². The fraction of sp³-hybridized carbons (Fsp3) is 0.588. The Bertz CT molecular complexity index is 719. The summed E-state index contributed by atoms with van der Waals surface area (Å²) in [6.07, 6.45) is 5.37. The maximum absolute atomic E-state index is 13.0. The van der Waals surface area contributed by atoms with E-state index in [2.05, 4.69) is 20.6 Å². The van der Waals surface area contributed by atoms with Crippen molar-refractivity contribution in [3.8, 4) is 0 Å². The third-order valence-corrected chi connectivity index (χ3v) is 5.04. The van der Waals surface area contributed by atoms with Crippen LogP contribution in [0.5, 0.6) is 0 Å². The molecule has 10 heteroatoms. The molecule has 3 heterocycles. The van der Waals surface area contributed by atoms with Gasteiger partial charge < -0.3 is 26.3 Å². The fourth-order valence-corrected chi connectivity index (χ4v) is 3.53. The first-order chi connectivity index (χ1) is 12.9. The molecule has 1 aromatic rings. The van der Waals surface area contributed by atoms with Crippen molar-refractivity contribution in [2.45, 2.75) is 44.2 Å². The van der Waals surface area contributed by atoms with Gasteiger partial charge in [-0.3, -0.25) is 19.2 Å². The van der Waals surface area contributed by atoms with Crippen molar-refractivity contribution < 1.29 is 19.2 Å². The number of nitrogens with two attached hydrogens (primary N) is 1. The molecule has 0 radical (unpaired) electrons. The third kappa shape index (κ3) is 4.63. The van der Waals surface area contributed by atoms with E-state index in [1.54, 1.807) is 11.1 Å². The van der Waals surface area contributed by atoms with Gasteiger partial charge in [0.05, 0.1) is 12.2 Å². The zero-order valence-corrected chi connectivity index (χ0v) is 14.9. The van der Waals surface area contributed by atoms with Gasteiger partial charge in [0.25, 0.3) is 0 Å². The first kappa shape index (κ1) is 18.9. The van der Waals surface area contributed by atoms with E-state index in [0.29, 0.717) is 37.9 Å². The number of carbonyl (C=O) groups is 4. The second kappa shape index (κ2) is 8.19. The second-order valence-corrected chi connectivity index (χ2v) is 7.03. The molecule has 3 atom stereocenters. The Labute approximate surface area is 156 Å². The lowest BCUT2D eigenvalue weighted by Crippen LogP contribution is -2.55. The molecule has 3 rings (SSSR count). The quantitative estimate of drug-likeness (QED) is 0.473. The van der Waals surface area contributed by atoms with Crippen LogP contribution in [0.2, 0.25) is 0 Å². The molecular weight excluding hydrogens is 352 g/mol. The summed E-state index contributed by atoms with van der Waals surface area (Å²) in [5, 5.41) is 5.35. The van der Waals surface area contributed by atoms with Crippen LogP contribution in [0, 0.1) is 5.92 Å². The molecule has 0 bridgehead atoms. The summed E-state index contributed by atoms with van der Waals surface area (Å²) in [6.45, 7) is 0.766. The van der Waals surface area contributed by atoms with Crippen LogP contribution in [0.4, 0.5) is 0 Å². The highest BCUT2D eigenvalue weighted by atomic mass is 16.2. The molecule has 10 nitrogen and oxygen atoms in total. The molecule has 0 saturated carbocycles. The molecule has 5 N–H and O–H groups in total. The van der Waals surface area contributed by atoms with Gasteiger partial charge in [0.1, 0.15) is 12.1 Å². The van der Waals surface area contributed by atoms with E-state index in [4.69, 9.17) is 5.73 Å². The maximum atomic E-state index is 13.0. The smallest absolute Gasteiger partial charge is 0.245 e. The number of aromatic nitrogens is 2. The Kier molecular flexibility index (Phi) is 5.72. The molecule has 146 valence electrons. The molecule has 0 aromatic carbocycles. The van der Waals surface area contributed by atoms with Crippen molar-refractivity contribution in [2.24, 2.45) is 11.7 Å². The molecule has 3 unspecified atom stereocenters. The van der Waals surface area contributed by atoms with E-state index >= 15 is 0 Å². The Morgan fingerprint density at radius 1 is 1.37 bits per heavy atom. The minimum atomic E-state index is -0.818. The maximum Gasteiger partial charge on any atom is 0.245 e. The van der Waals surface area contributed by atoms with E-state index in [9.17, 15) is 19.2 Å². The predicted octanol–water partition coefficient (Wildman–Crippen LogP) is -1.56. The van der Waals surface area contributed by atoms with Crippen LogP contribution >= 0.6 is 0 Å². The number of nitrogens with one attached hydrogen (secondary N) is 3. The largest absolute Gasteiger partial charge is 0.369 e. The number of hydrogen-bond acceptors (Lipinski definition) is 5. The topological polar surface area (TPSA) is 150 Å². The van der Waals surface area contributed by atoms with Crippen molar-refractivity contribution in [1.82, 2.24) is 25.5 Å². The summed E-state index contributed by atoms with van der Waals surface area (Å²) in [7, 11) is 0. The summed E-state index contributed by atoms with van der Waals surface area (Å²) in [6, 6.07) is -1.45. The van der Waals surface area contributed by atoms with Crippen LogP contribution in [0.25, 0.3) is 0 Å². The lowest BCUT2D eigenvalue weighted by molar-refractivity contribution is -0.139. The monoisotopic (exact) mass is 376 g/mol. The zero-order chi connectivity index (χ0) is 19.4. The van der Waals surface area contributed by atoms with Crippen LogP contribution in [-0.2, 0) is 25.6 Å². The summed E-state index contributed by atoms with van der Waals surface area (Å²) in [5.41, 5.74) is 6.09. The van der Waals surface area contributed by atoms with Crippen molar-refractivity contribution in [3.05, 3.63) is 18.2 Å². The number of aromatic amines is 1. The Morgan fingerprint density at radius 2 is 2.19 bits per heavy atom. The number of H-pyrrole nitrogens is 1. The number of hydrogen-bond donors (Lipinski definition) is 4.